The van der Waals surface area contributed by atoms with Gasteiger partial charge in [-0.3, -0.25) is 4.79 Å². The Morgan fingerprint density at radius 1 is 1.69 bits per heavy atom. The lowest BCUT2D eigenvalue weighted by Crippen LogP contribution is -2.41. The molecule has 1 heterocycles. The Balaban J connectivity index is 2.04. The van der Waals surface area contributed by atoms with Gasteiger partial charge in [0.1, 0.15) is 6.04 Å². The van der Waals surface area contributed by atoms with Crippen molar-refractivity contribution in [3.05, 3.63) is 17.7 Å². The summed E-state index contributed by atoms with van der Waals surface area (Å²) in [5.74, 6) is -0.794. The first kappa shape index (κ1) is 11.1. The summed E-state index contributed by atoms with van der Waals surface area (Å²) in [6.45, 7) is 4.33. The SMILES string of the molecule is Cc1ncn(CC(NC2CC2)C(=O)O)c1C. The van der Waals surface area contributed by atoms with Crippen LogP contribution in [0.3, 0.4) is 0 Å². The van der Waals surface area contributed by atoms with Crippen LogP contribution in [0.5, 0.6) is 0 Å². The van der Waals surface area contributed by atoms with Crippen LogP contribution in [0.4, 0.5) is 0 Å². The van der Waals surface area contributed by atoms with Gasteiger partial charge in [-0.25, -0.2) is 4.98 Å². The van der Waals surface area contributed by atoms with E-state index in [4.69, 9.17) is 5.11 Å². The lowest BCUT2D eigenvalue weighted by Gasteiger charge is -2.15. The van der Waals surface area contributed by atoms with E-state index in [0.29, 0.717) is 12.6 Å². The van der Waals surface area contributed by atoms with Crippen LogP contribution in [0.2, 0.25) is 0 Å². The molecule has 1 aliphatic carbocycles. The fourth-order valence-corrected chi connectivity index (χ4v) is 1.66. The zero-order valence-corrected chi connectivity index (χ0v) is 9.60. The third kappa shape index (κ3) is 2.41. The summed E-state index contributed by atoms with van der Waals surface area (Å²) >= 11 is 0. The summed E-state index contributed by atoms with van der Waals surface area (Å²) in [6, 6.07) is -0.120. The van der Waals surface area contributed by atoms with Crippen molar-refractivity contribution >= 4 is 5.97 Å². The summed E-state index contributed by atoms with van der Waals surface area (Å²) in [4.78, 5) is 15.3. The van der Waals surface area contributed by atoms with E-state index in [1.165, 1.54) is 0 Å². The van der Waals surface area contributed by atoms with E-state index in [-0.39, 0.29) is 0 Å². The zero-order valence-electron chi connectivity index (χ0n) is 9.60. The van der Waals surface area contributed by atoms with E-state index in [1.54, 1.807) is 6.33 Å². The Morgan fingerprint density at radius 3 is 2.81 bits per heavy atom. The number of hydrogen-bond donors (Lipinski definition) is 2. The monoisotopic (exact) mass is 223 g/mol. The summed E-state index contributed by atoms with van der Waals surface area (Å²) < 4.78 is 1.89. The topological polar surface area (TPSA) is 67.2 Å². The zero-order chi connectivity index (χ0) is 11.7. The van der Waals surface area contributed by atoms with E-state index in [9.17, 15) is 4.79 Å². The maximum absolute atomic E-state index is 11.1. The first-order valence-corrected chi connectivity index (χ1v) is 5.55. The predicted octanol–water partition coefficient (Wildman–Crippen LogP) is 0.705. The van der Waals surface area contributed by atoms with Gasteiger partial charge >= 0.3 is 5.97 Å². The minimum Gasteiger partial charge on any atom is -0.480 e. The van der Waals surface area contributed by atoms with Crippen molar-refractivity contribution in [2.75, 3.05) is 0 Å². The molecule has 16 heavy (non-hydrogen) atoms. The van der Waals surface area contributed by atoms with Crippen molar-refractivity contribution in [2.24, 2.45) is 0 Å². The fraction of sp³-hybridized carbons (Fsp3) is 0.636. The molecule has 0 bridgehead atoms. The largest absolute Gasteiger partial charge is 0.480 e. The highest BCUT2D eigenvalue weighted by Gasteiger charge is 2.28. The summed E-state index contributed by atoms with van der Waals surface area (Å²) in [5.41, 5.74) is 1.99. The number of hydrogen-bond acceptors (Lipinski definition) is 3. The van der Waals surface area contributed by atoms with Crippen LogP contribution in [0, 0.1) is 13.8 Å². The van der Waals surface area contributed by atoms with Crippen LogP contribution in [0.25, 0.3) is 0 Å². The van der Waals surface area contributed by atoms with E-state index in [0.717, 1.165) is 24.2 Å². The molecule has 1 atom stereocenters. The molecule has 1 unspecified atom stereocenters. The van der Waals surface area contributed by atoms with Gasteiger partial charge < -0.3 is 15.0 Å². The van der Waals surface area contributed by atoms with Crippen LogP contribution in [-0.4, -0.2) is 32.7 Å². The maximum atomic E-state index is 11.1. The Hall–Kier alpha value is -1.36. The Bertz CT molecular complexity index is 396. The average Bonchev–Trinajstić information content (AvgIpc) is 2.99. The molecule has 0 radical (unpaired) electrons. The van der Waals surface area contributed by atoms with E-state index < -0.39 is 12.0 Å². The molecule has 1 saturated carbocycles. The standard InChI is InChI=1S/C11H17N3O2/c1-7-8(2)14(6-12-7)5-10(11(15)16)13-9-3-4-9/h6,9-10,13H,3-5H2,1-2H3,(H,15,16). The maximum Gasteiger partial charge on any atom is 0.322 e. The Morgan fingerprint density at radius 2 is 2.38 bits per heavy atom. The number of nitrogens with zero attached hydrogens (tertiary/aromatic N) is 2. The van der Waals surface area contributed by atoms with Crippen molar-refractivity contribution < 1.29 is 9.90 Å². The molecule has 0 saturated heterocycles. The minimum atomic E-state index is -0.794. The molecule has 1 aliphatic rings. The lowest BCUT2D eigenvalue weighted by molar-refractivity contribution is -0.139. The van der Waals surface area contributed by atoms with E-state index in [1.807, 2.05) is 18.4 Å². The third-order valence-corrected chi connectivity index (χ3v) is 3.04. The molecule has 2 rings (SSSR count). The molecule has 88 valence electrons. The average molecular weight is 223 g/mol. The highest BCUT2D eigenvalue weighted by Crippen LogP contribution is 2.20. The van der Waals surface area contributed by atoms with Crippen LogP contribution < -0.4 is 5.32 Å². The number of rotatable bonds is 5. The van der Waals surface area contributed by atoms with Crippen LogP contribution in [0.15, 0.2) is 6.33 Å². The van der Waals surface area contributed by atoms with Gasteiger partial charge in [0, 0.05) is 18.3 Å². The molecule has 0 aliphatic heterocycles. The highest BCUT2D eigenvalue weighted by atomic mass is 16.4. The minimum absolute atomic E-state index is 0.394. The number of aryl methyl sites for hydroxylation is 1. The normalized spacial score (nSPS) is 17.4. The second-order valence-electron chi connectivity index (χ2n) is 4.40. The molecule has 5 heteroatoms. The molecular formula is C11H17N3O2. The van der Waals surface area contributed by atoms with Crippen molar-refractivity contribution in [1.82, 2.24) is 14.9 Å². The first-order chi connectivity index (χ1) is 7.58. The van der Waals surface area contributed by atoms with Gasteiger partial charge in [0.2, 0.25) is 0 Å². The molecule has 1 aromatic heterocycles. The van der Waals surface area contributed by atoms with Gasteiger partial charge in [0.25, 0.3) is 0 Å². The smallest absolute Gasteiger partial charge is 0.322 e. The molecule has 5 nitrogen and oxygen atoms in total. The summed E-state index contributed by atoms with van der Waals surface area (Å²) in [7, 11) is 0. The van der Waals surface area contributed by atoms with Crippen molar-refractivity contribution in [2.45, 2.75) is 45.3 Å². The second-order valence-corrected chi connectivity index (χ2v) is 4.40. The van der Waals surface area contributed by atoms with Gasteiger partial charge in [-0.2, -0.15) is 0 Å². The summed E-state index contributed by atoms with van der Waals surface area (Å²) in [5, 5.41) is 12.2. The number of imidazole rings is 1. The van der Waals surface area contributed by atoms with E-state index in [2.05, 4.69) is 10.3 Å². The number of nitrogens with one attached hydrogen (secondary N) is 1. The number of carboxylic acid groups (broad SMARTS) is 1. The van der Waals surface area contributed by atoms with Gasteiger partial charge in [-0.1, -0.05) is 0 Å². The fourth-order valence-electron chi connectivity index (χ4n) is 1.66. The van der Waals surface area contributed by atoms with Crippen molar-refractivity contribution in [1.29, 1.82) is 0 Å². The molecule has 0 amide bonds. The number of carbonyl (C=O) groups is 1. The van der Waals surface area contributed by atoms with Crippen LogP contribution in [-0.2, 0) is 11.3 Å². The van der Waals surface area contributed by atoms with Crippen molar-refractivity contribution in [3.8, 4) is 0 Å². The van der Waals surface area contributed by atoms with Crippen LogP contribution in [0.1, 0.15) is 24.2 Å². The molecule has 1 fully saturated rings. The van der Waals surface area contributed by atoms with Crippen molar-refractivity contribution in [3.63, 3.8) is 0 Å². The number of carboxylic acids is 1. The van der Waals surface area contributed by atoms with E-state index >= 15 is 0 Å². The van der Waals surface area contributed by atoms with Gasteiger partial charge in [0.15, 0.2) is 0 Å². The molecule has 1 aromatic rings. The van der Waals surface area contributed by atoms with Gasteiger partial charge in [-0.15, -0.1) is 0 Å². The summed E-state index contributed by atoms with van der Waals surface area (Å²) in [6.07, 6.45) is 3.88. The number of aromatic nitrogens is 2. The molecular weight excluding hydrogens is 206 g/mol. The molecule has 0 aromatic carbocycles. The number of aliphatic carboxylic acids is 1. The van der Waals surface area contributed by atoms with Gasteiger partial charge in [-0.05, 0) is 26.7 Å². The van der Waals surface area contributed by atoms with Gasteiger partial charge in [0.05, 0.1) is 12.0 Å². The molecule has 0 spiro atoms. The predicted molar refractivity (Wildman–Crippen MR) is 59.3 cm³/mol. The quantitative estimate of drug-likeness (QED) is 0.771. The first-order valence-electron chi connectivity index (χ1n) is 5.55. The Labute approximate surface area is 94.5 Å². The second kappa shape index (κ2) is 4.25. The van der Waals surface area contributed by atoms with Crippen LogP contribution >= 0.6 is 0 Å². The molecule has 2 N–H and O–H groups in total. The highest BCUT2D eigenvalue weighted by molar-refractivity contribution is 5.73. The third-order valence-electron chi connectivity index (χ3n) is 3.04. The Kier molecular flexibility index (Phi) is 2.96. The lowest BCUT2D eigenvalue weighted by atomic mass is 10.2.